The van der Waals surface area contributed by atoms with E-state index in [1.807, 2.05) is 0 Å². The van der Waals surface area contributed by atoms with E-state index in [4.69, 9.17) is 0 Å². The van der Waals surface area contributed by atoms with Crippen molar-refractivity contribution >= 4 is 36.1 Å². The van der Waals surface area contributed by atoms with Crippen molar-refractivity contribution in [2.75, 3.05) is 12.3 Å². The topological polar surface area (TPSA) is 91.8 Å². The molecule has 0 bridgehead atoms. The normalized spacial score (nSPS) is 26.3. The Hall–Kier alpha value is -1.37. The molecule has 0 aromatic rings. The first-order valence-electron chi connectivity index (χ1n) is 6.54. The van der Waals surface area contributed by atoms with E-state index in [2.05, 4.69) is 12.6 Å². The highest BCUT2D eigenvalue weighted by atomic mass is 32.1. The van der Waals surface area contributed by atoms with Gasteiger partial charge in [0, 0.05) is 31.1 Å². The molecule has 110 valence electrons. The predicted octanol–water partition coefficient (Wildman–Crippen LogP) is 0.156. The Morgan fingerprint density at radius 3 is 2.40 bits per heavy atom. The van der Waals surface area contributed by atoms with Gasteiger partial charge in [-0.2, -0.15) is 12.6 Å². The second-order valence-electron chi connectivity index (χ2n) is 5.54. The van der Waals surface area contributed by atoms with Crippen LogP contribution in [0.2, 0.25) is 0 Å². The molecule has 1 aliphatic heterocycles. The van der Waals surface area contributed by atoms with E-state index in [0.29, 0.717) is 0 Å². The quantitative estimate of drug-likeness (QED) is 0.572. The average Bonchev–Trinajstić information content (AvgIpc) is 2.95. The third kappa shape index (κ3) is 2.13. The van der Waals surface area contributed by atoms with Gasteiger partial charge in [0.2, 0.25) is 5.91 Å². The summed E-state index contributed by atoms with van der Waals surface area (Å²) in [6.45, 7) is 1.55. The fourth-order valence-electron chi connectivity index (χ4n) is 2.98. The van der Waals surface area contributed by atoms with Crippen molar-refractivity contribution in [2.24, 2.45) is 11.3 Å². The third-order valence-corrected chi connectivity index (χ3v) is 4.82. The molecule has 1 N–H and O–H groups in total. The standard InChI is InChI=1S/C13H17NO5S/c1-7(5-20)11(17)14-6-13(4-8(14)12(18)19)9(15)2-3-10(13)16/h7-8,20H,2-6H2,1H3,(H,18,19)/t7?,8-/m0/s1. The molecule has 1 saturated heterocycles. The molecular weight excluding hydrogens is 282 g/mol. The number of nitrogens with zero attached hydrogens (tertiary/aromatic N) is 1. The average molecular weight is 299 g/mol. The van der Waals surface area contributed by atoms with E-state index in [0.717, 1.165) is 0 Å². The zero-order chi connectivity index (χ0) is 15.1. The fraction of sp³-hybridized carbons (Fsp3) is 0.692. The Balaban J connectivity index is 2.33. The smallest absolute Gasteiger partial charge is 0.326 e. The molecule has 6 nitrogen and oxygen atoms in total. The number of carboxylic acids is 1. The van der Waals surface area contributed by atoms with Crippen LogP contribution < -0.4 is 0 Å². The number of carbonyl (C=O) groups is 4. The Morgan fingerprint density at radius 2 is 1.95 bits per heavy atom. The number of hydrogen-bond donors (Lipinski definition) is 2. The van der Waals surface area contributed by atoms with Crippen molar-refractivity contribution in [2.45, 2.75) is 32.2 Å². The summed E-state index contributed by atoms with van der Waals surface area (Å²) in [5.74, 6) is -2.16. The Bertz CT molecular complexity index is 473. The third-order valence-electron chi connectivity index (χ3n) is 4.27. The monoisotopic (exact) mass is 299 g/mol. The Labute approximate surface area is 121 Å². The summed E-state index contributed by atoms with van der Waals surface area (Å²) in [7, 11) is 0. The zero-order valence-electron chi connectivity index (χ0n) is 11.2. The predicted molar refractivity (Wildman–Crippen MR) is 72.5 cm³/mol. The molecule has 1 spiro atoms. The minimum Gasteiger partial charge on any atom is -0.480 e. The highest BCUT2D eigenvalue weighted by Crippen LogP contribution is 2.43. The van der Waals surface area contributed by atoms with Crippen LogP contribution in [0, 0.1) is 11.3 Å². The second kappa shape index (κ2) is 5.20. The van der Waals surface area contributed by atoms with Crippen LogP contribution in [-0.4, -0.2) is 51.8 Å². The number of likely N-dealkylation sites (tertiary alicyclic amines) is 1. The van der Waals surface area contributed by atoms with Crippen LogP contribution in [0.4, 0.5) is 0 Å². The molecule has 7 heteroatoms. The maximum absolute atomic E-state index is 12.2. The van der Waals surface area contributed by atoms with Crippen LogP contribution in [0.25, 0.3) is 0 Å². The van der Waals surface area contributed by atoms with Crippen LogP contribution >= 0.6 is 12.6 Å². The van der Waals surface area contributed by atoms with Gasteiger partial charge in [-0.1, -0.05) is 6.92 Å². The number of aliphatic carboxylic acids is 1. The minimum absolute atomic E-state index is 0.0922. The van der Waals surface area contributed by atoms with Gasteiger partial charge < -0.3 is 10.0 Å². The van der Waals surface area contributed by atoms with E-state index < -0.39 is 23.3 Å². The molecule has 1 saturated carbocycles. The maximum atomic E-state index is 12.2. The van der Waals surface area contributed by atoms with Gasteiger partial charge in [-0.25, -0.2) is 4.79 Å². The first-order valence-corrected chi connectivity index (χ1v) is 7.17. The van der Waals surface area contributed by atoms with Crippen molar-refractivity contribution in [1.29, 1.82) is 0 Å². The number of hydrogen-bond acceptors (Lipinski definition) is 5. The van der Waals surface area contributed by atoms with E-state index in [-0.39, 0.29) is 49.0 Å². The second-order valence-corrected chi connectivity index (χ2v) is 5.90. The lowest BCUT2D eigenvalue weighted by Gasteiger charge is -2.25. The zero-order valence-corrected chi connectivity index (χ0v) is 12.1. The van der Waals surface area contributed by atoms with Crippen molar-refractivity contribution in [3.63, 3.8) is 0 Å². The van der Waals surface area contributed by atoms with E-state index >= 15 is 0 Å². The van der Waals surface area contributed by atoms with Gasteiger partial charge in [-0.15, -0.1) is 0 Å². The Kier molecular flexibility index (Phi) is 3.90. The van der Waals surface area contributed by atoms with Gasteiger partial charge in [0.05, 0.1) is 0 Å². The summed E-state index contributed by atoms with van der Waals surface area (Å²) in [5, 5.41) is 9.27. The van der Waals surface area contributed by atoms with Gasteiger partial charge in [-0.05, 0) is 6.42 Å². The van der Waals surface area contributed by atoms with Gasteiger partial charge in [0.25, 0.3) is 0 Å². The highest BCUT2D eigenvalue weighted by molar-refractivity contribution is 7.80. The van der Waals surface area contributed by atoms with Crippen molar-refractivity contribution in [3.05, 3.63) is 0 Å². The summed E-state index contributed by atoms with van der Waals surface area (Å²) >= 11 is 4.04. The van der Waals surface area contributed by atoms with Crippen molar-refractivity contribution in [3.8, 4) is 0 Å². The highest BCUT2D eigenvalue weighted by Gasteiger charge is 2.59. The number of thiol groups is 1. The molecule has 2 fully saturated rings. The van der Waals surface area contributed by atoms with Gasteiger partial charge >= 0.3 is 5.97 Å². The largest absolute Gasteiger partial charge is 0.480 e. The Morgan fingerprint density at radius 1 is 1.40 bits per heavy atom. The lowest BCUT2D eigenvalue weighted by atomic mass is 9.82. The number of amides is 1. The first kappa shape index (κ1) is 15.0. The minimum atomic E-state index is -1.28. The molecule has 1 aliphatic carbocycles. The number of ketones is 2. The van der Waals surface area contributed by atoms with Crippen LogP contribution in [0.1, 0.15) is 26.2 Å². The maximum Gasteiger partial charge on any atom is 0.326 e. The molecule has 2 atom stereocenters. The summed E-state index contributed by atoms with van der Waals surface area (Å²) in [5.41, 5.74) is -1.28. The van der Waals surface area contributed by atoms with Gasteiger partial charge in [0.1, 0.15) is 23.0 Å². The SMILES string of the molecule is CC(CS)C(=O)N1CC2(C[C@H]1C(=O)O)C(=O)CCC2=O. The molecule has 0 radical (unpaired) electrons. The molecule has 1 amide bonds. The fourth-order valence-corrected chi connectivity index (χ4v) is 3.14. The molecule has 0 aromatic heterocycles. The van der Waals surface area contributed by atoms with E-state index in [9.17, 15) is 24.3 Å². The molecule has 20 heavy (non-hydrogen) atoms. The van der Waals surface area contributed by atoms with Crippen LogP contribution in [0.3, 0.4) is 0 Å². The molecule has 2 rings (SSSR count). The molecule has 2 aliphatic rings. The number of rotatable bonds is 3. The lowest BCUT2D eigenvalue weighted by molar-refractivity contribution is -0.149. The molecule has 0 aromatic carbocycles. The number of Topliss-reactive ketones (excluding diaryl/α,β-unsaturated/α-hetero) is 2. The van der Waals surface area contributed by atoms with Crippen LogP contribution in [-0.2, 0) is 19.2 Å². The summed E-state index contributed by atoms with van der Waals surface area (Å²) in [6, 6.07) is -1.10. The van der Waals surface area contributed by atoms with Crippen LogP contribution in [0.15, 0.2) is 0 Å². The molecule has 1 heterocycles. The summed E-state index contributed by atoms with van der Waals surface area (Å²) < 4.78 is 0. The van der Waals surface area contributed by atoms with E-state index in [1.54, 1.807) is 6.92 Å². The number of carboxylic acid groups (broad SMARTS) is 1. The summed E-state index contributed by atoms with van der Waals surface area (Å²) in [6.07, 6.45) is 0.204. The number of carbonyl (C=O) groups excluding carboxylic acids is 3. The van der Waals surface area contributed by atoms with Crippen molar-refractivity contribution in [1.82, 2.24) is 4.90 Å². The van der Waals surface area contributed by atoms with Gasteiger partial charge in [-0.3, -0.25) is 14.4 Å². The van der Waals surface area contributed by atoms with E-state index in [1.165, 1.54) is 4.90 Å². The molecule has 1 unspecified atom stereocenters. The first-order chi connectivity index (χ1) is 9.33. The van der Waals surface area contributed by atoms with Gasteiger partial charge in [0.15, 0.2) is 0 Å². The lowest BCUT2D eigenvalue weighted by Crippen LogP contribution is -2.44. The summed E-state index contributed by atoms with van der Waals surface area (Å²) in [4.78, 5) is 48.8. The van der Waals surface area contributed by atoms with Crippen LogP contribution in [0.5, 0.6) is 0 Å². The molecular formula is C13H17NO5S. The van der Waals surface area contributed by atoms with Crippen molar-refractivity contribution < 1.29 is 24.3 Å².